The number of nitrogens with one attached hydrogen (secondary N) is 1. The molecule has 4 aromatic heterocycles. The first-order valence-corrected chi connectivity index (χ1v) is 12.3. The van der Waals surface area contributed by atoms with E-state index in [0.29, 0.717) is 0 Å². The Morgan fingerprint density at radius 3 is 2.50 bits per heavy atom. The van der Waals surface area contributed by atoms with Crippen molar-refractivity contribution in [3.8, 4) is 11.4 Å². The standard InChI is InChI=1S/C21H22F3N7O4S/c1-6-36(33,34)19-15(17-27-11-9-14(21(22,23)24)26-10-13(11)30(17)5)16-25-8-7-12(31(16)28-19)18(32)29-35-20(2,3)4/h7-10H,6H2,1-5H3,(H,29,32). The van der Waals surface area contributed by atoms with Gasteiger partial charge in [0.25, 0.3) is 5.91 Å². The normalized spacial score (nSPS) is 13.0. The quantitative estimate of drug-likeness (QED) is 0.393. The summed E-state index contributed by atoms with van der Waals surface area (Å²) in [7, 11) is -2.49. The summed E-state index contributed by atoms with van der Waals surface area (Å²) in [4.78, 5) is 30.1. The molecule has 0 aliphatic carbocycles. The molecule has 0 saturated carbocycles. The molecule has 192 valence electrons. The zero-order valence-electron chi connectivity index (χ0n) is 19.9. The fourth-order valence-corrected chi connectivity index (χ4v) is 4.34. The summed E-state index contributed by atoms with van der Waals surface area (Å²) < 4.78 is 67.9. The van der Waals surface area contributed by atoms with E-state index in [-0.39, 0.29) is 39.5 Å². The maximum atomic E-state index is 13.2. The number of hydrogen-bond donors (Lipinski definition) is 1. The van der Waals surface area contributed by atoms with E-state index in [2.05, 4.69) is 25.5 Å². The van der Waals surface area contributed by atoms with Crippen molar-refractivity contribution in [3.05, 3.63) is 35.9 Å². The van der Waals surface area contributed by atoms with Crippen LogP contribution in [-0.4, -0.2) is 54.8 Å². The molecule has 0 fully saturated rings. The number of hydroxylamine groups is 1. The fraction of sp³-hybridized carbons (Fsp3) is 0.381. The van der Waals surface area contributed by atoms with Crippen molar-refractivity contribution in [2.75, 3.05) is 5.75 Å². The van der Waals surface area contributed by atoms with Crippen molar-refractivity contribution in [2.45, 2.75) is 44.5 Å². The summed E-state index contributed by atoms with van der Waals surface area (Å²) in [6.07, 6.45) is -2.41. The minimum Gasteiger partial charge on any atom is -0.326 e. The van der Waals surface area contributed by atoms with Gasteiger partial charge in [-0.25, -0.2) is 33.4 Å². The molecular formula is C21H22F3N7O4S. The van der Waals surface area contributed by atoms with Crippen LogP contribution < -0.4 is 5.48 Å². The second kappa shape index (κ2) is 8.51. The van der Waals surface area contributed by atoms with Crippen LogP contribution in [0.25, 0.3) is 28.1 Å². The molecule has 0 saturated heterocycles. The first kappa shape index (κ1) is 25.5. The van der Waals surface area contributed by atoms with Crippen LogP contribution in [-0.2, 0) is 27.9 Å². The summed E-state index contributed by atoms with van der Waals surface area (Å²) in [5.41, 5.74) is 0.444. The maximum absolute atomic E-state index is 13.2. The molecule has 4 heterocycles. The van der Waals surface area contributed by atoms with Crippen molar-refractivity contribution in [2.24, 2.45) is 7.05 Å². The topological polar surface area (TPSA) is 133 Å². The van der Waals surface area contributed by atoms with E-state index >= 15 is 0 Å². The first-order valence-electron chi connectivity index (χ1n) is 10.6. The lowest BCUT2D eigenvalue weighted by Gasteiger charge is -2.18. The second-order valence-electron chi connectivity index (χ2n) is 8.85. The van der Waals surface area contributed by atoms with Crippen LogP contribution in [0.5, 0.6) is 0 Å². The van der Waals surface area contributed by atoms with Crippen LogP contribution in [0.4, 0.5) is 13.2 Å². The van der Waals surface area contributed by atoms with E-state index in [0.717, 1.165) is 16.8 Å². The number of carbonyl (C=O) groups excluding carboxylic acids is 1. The predicted octanol–water partition coefficient (Wildman–Crippen LogP) is 2.95. The summed E-state index contributed by atoms with van der Waals surface area (Å²) in [6, 6.07) is 2.09. The highest BCUT2D eigenvalue weighted by atomic mass is 32.2. The Balaban J connectivity index is 1.98. The van der Waals surface area contributed by atoms with Gasteiger partial charge in [0, 0.05) is 13.2 Å². The number of carbonyl (C=O) groups is 1. The number of alkyl halides is 3. The lowest BCUT2D eigenvalue weighted by molar-refractivity contribution is -0.141. The molecule has 0 aliphatic rings. The van der Waals surface area contributed by atoms with E-state index in [9.17, 15) is 26.4 Å². The number of amides is 1. The molecule has 0 unspecified atom stereocenters. The number of sulfone groups is 1. The highest BCUT2D eigenvalue weighted by molar-refractivity contribution is 7.91. The van der Waals surface area contributed by atoms with Gasteiger partial charge in [-0.15, -0.1) is 0 Å². The smallest absolute Gasteiger partial charge is 0.326 e. The molecule has 0 spiro atoms. The lowest BCUT2D eigenvalue weighted by atomic mass is 10.2. The molecule has 36 heavy (non-hydrogen) atoms. The molecule has 15 heteroatoms. The van der Waals surface area contributed by atoms with E-state index < -0.39 is 38.2 Å². The minimum absolute atomic E-state index is 0.0100. The first-order chi connectivity index (χ1) is 16.6. The highest BCUT2D eigenvalue weighted by Crippen LogP contribution is 2.34. The molecule has 1 amide bonds. The molecule has 0 aromatic carbocycles. The third kappa shape index (κ3) is 4.51. The highest BCUT2D eigenvalue weighted by Gasteiger charge is 2.34. The van der Waals surface area contributed by atoms with Gasteiger partial charge in [-0.1, -0.05) is 6.92 Å². The molecule has 0 atom stereocenters. The van der Waals surface area contributed by atoms with Crippen molar-refractivity contribution >= 4 is 32.4 Å². The van der Waals surface area contributed by atoms with Gasteiger partial charge in [0.1, 0.15) is 22.8 Å². The van der Waals surface area contributed by atoms with Crippen molar-refractivity contribution in [1.29, 1.82) is 0 Å². The van der Waals surface area contributed by atoms with E-state index in [1.807, 2.05) is 0 Å². The van der Waals surface area contributed by atoms with Gasteiger partial charge in [-0.05, 0) is 32.9 Å². The number of halogens is 3. The van der Waals surface area contributed by atoms with Gasteiger partial charge in [-0.3, -0.25) is 9.63 Å². The van der Waals surface area contributed by atoms with Gasteiger partial charge in [0.15, 0.2) is 20.5 Å². The Morgan fingerprint density at radius 1 is 1.19 bits per heavy atom. The van der Waals surface area contributed by atoms with Crippen LogP contribution >= 0.6 is 0 Å². The summed E-state index contributed by atoms with van der Waals surface area (Å²) in [5, 5.41) is 3.75. The van der Waals surface area contributed by atoms with Crippen molar-refractivity contribution < 1.29 is 31.2 Å². The predicted molar refractivity (Wildman–Crippen MR) is 122 cm³/mol. The van der Waals surface area contributed by atoms with Crippen LogP contribution in [0.1, 0.15) is 43.9 Å². The van der Waals surface area contributed by atoms with E-state index in [1.54, 1.807) is 20.8 Å². The van der Waals surface area contributed by atoms with Gasteiger partial charge >= 0.3 is 6.18 Å². The average molecular weight is 526 g/mol. The number of pyridine rings is 1. The van der Waals surface area contributed by atoms with E-state index in [1.165, 1.54) is 30.8 Å². The van der Waals surface area contributed by atoms with Crippen LogP contribution in [0.15, 0.2) is 29.6 Å². The van der Waals surface area contributed by atoms with Crippen LogP contribution in [0.3, 0.4) is 0 Å². The third-order valence-corrected chi connectivity index (χ3v) is 6.76. The summed E-state index contributed by atoms with van der Waals surface area (Å²) >= 11 is 0. The third-order valence-electron chi connectivity index (χ3n) is 5.12. The molecule has 1 N–H and O–H groups in total. The molecule has 0 bridgehead atoms. The number of imidazole rings is 1. The molecular weight excluding hydrogens is 503 g/mol. The van der Waals surface area contributed by atoms with Crippen molar-refractivity contribution in [3.63, 3.8) is 0 Å². The number of hydrogen-bond acceptors (Lipinski definition) is 8. The number of aryl methyl sites for hydroxylation is 1. The maximum Gasteiger partial charge on any atom is 0.433 e. The lowest BCUT2D eigenvalue weighted by Crippen LogP contribution is -2.34. The van der Waals surface area contributed by atoms with Crippen LogP contribution in [0.2, 0.25) is 0 Å². The monoisotopic (exact) mass is 525 g/mol. The Morgan fingerprint density at radius 2 is 1.89 bits per heavy atom. The van der Waals surface area contributed by atoms with Gasteiger partial charge < -0.3 is 4.57 Å². The van der Waals surface area contributed by atoms with Crippen LogP contribution in [0, 0.1) is 0 Å². The number of nitrogens with zero attached hydrogens (tertiary/aromatic N) is 6. The summed E-state index contributed by atoms with van der Waals surface area (Å²) in [6.45, 7) is 6.57. The number of fused-ring (bicyclic) bond motifs is 2. The number of rotatable bonds is 5. The van der Waals surface area contributed by atoms with Crippen molar-refractivity contribution in [1.82, 2.24) is 34.6 Å². The number of aromatic nitrogens is 6. The van der Waals surface area contributed by atoms with E-state index in [4.69, 9.17) is 4.84 Å². The zero-order valence-corrected chi connectivity index (χ0v) is 20.7. The molecule has 0 radical (unpaired) electrons. The Hall–Kier alpha value is -3.59. The molecule has 11 nitrogen and oxygen atoms in total. The molecule has 4 aromatic rings. The Bertz CT molecular complexity index is 1600. The Labute approximate surface area is 203 Å². The molecule has 4 rings (SSSR count). The largest absolute Gasteiger partial charge is 0.433 e. The van der Waals surface area contributed by atoms with Gasteiger partial charge in [-0.2, -0.15) is 18.3 Å². The Kier molecular flexibility index (Phi) is 6.03. The zero-order chi connectivity index (χ0) is 26.6. The SMILES string of the molecule is CCS(=O)(=O)c1nn2c(C(=O)NOC(C)(C)C)ccnc2c1-c1nc2cc(C(F)(F)F)ncc2n1C. The van der Waals surface area contributed by atoms with Gasteiger partial charge in [0.05, 0.1) is 28.6 Å². The minimum atomic E-state index is -4.69. The average Bonchev–Trinajstić information content (AvgIpc) is 3.34. The second-order valence-corrected chi connectivity index (χ2v) is 11.0. The summed E-state index contributed by atoms with van der Waals surface area (Å²) in [5.74, 6) is -1.05. The fourth-order valence-electron chi connectivity index (χ4n) is 3.37. The van der Waals surface area contributed by atoms with Gasteiger partial charge in [0.2, 0.25) is 0 Å². The molecule has 0 aliphatic heterocycles.